The Morgan fingerprint density at radius 2 is 1.92 bits per heavy atom. The molecule has 0 saturated carbocycles. The molecule has 0 fully saturated rings. The van der Waals surface area contributed by atoms with Gasteiger partial charge in [0.2, 0.25) is 5.89 Å². The second kappa shape index (κ2) is 7.05. The van der Waals surface area contributed by atoms with Crippen molar-refractivity contribution in [3.05, 3.63) is 56.8 Å². The molecule has 2 heterocycles. The Labute approximate surface area is 151 Å². The normalized spacial score (nSPS) is 12.8. The van der Waals surface area contributed by atoms with Gasteiger partial charge >= 0.3 is 0 Å². The Morgan fingerprint density at radius 3 is 2.54 bits per heavy atom. The number of benzene rings is 1. The molecule has 0 N–H and O–H groups in total. The van der Waals surface area contributed by atoms with Gasteiger partial charge in [-0.2, -0.15) is 0 Å². The number of hydrogen-bond donors (Lipinski definition) is 0. The van der Waals surface area contributed by atoms with Crippen LogP contribution in [0.5, 0.6) is 0 Å². The zero-order valence-electron chi connectivity index (χ0n) is 14.2. The Hall–Kier alpha value is -1.69. The first-order valence-corrected chi connectivity index (χ1v) is 9.04. The molecule has 0 aliphatic rings. The molecule has 1 atom stereocenters. The van der Waals surface area contributed by atoms with Gasteiger partial charge in [-0.15, -0.1) is 11.3 Å². The number of aromatic nitrogens is 2. The standard InChI is InChI=1S/C18H20ClN3OS/c1-11-10-24-18(20-11)12(2)22(4)9-16-13(3)23-17(21-16)14-5-7-15(19)8-6-14/h5-8,10,12H,9H2,1-4H3/t12-/m1/s1. The van der Waals surface area contributed by atoms with Gasteiger partial charge in [0.25, 0.3) is 0 Å². The summed E-state index contributed by atoms with van der Waals surface area (Å²) in [6.07, 6.45) is 0. The fourth-order valence-corrected chi connectivity index (χ4v) is 3.46. The third kappa shape index (κ3) is 3.69. The predicted octanol–water partition coefficient (Wildman–Crippen LogP) is 5.26. The van der Waals surface area contributed by atoms with Crippen LogP contribution < -0.4 is 0 Å². The van der Waals surface area contributed by atoms with E-state index in [4.69, 9.17) is 16.0 Å². The SMILES string of the molecule is Cc1csc([C@@H](C)N(C)Cc2nc(-c3ccc(Cl)cc3)oc2C)n1. The van der Waals surface area contributed by atoms with Crippen LogP contribution in [0.1, 0.15) is 35.1 Å². The topological polar surface area (TPSA) is 42.2 Å². The summed E-state index contributed by atoms with van der Waals surface area (Å²) in [6.45, 7) is 6.84. The van der Waals surface area contributed by atoms with Gasteiger partial charge in [0.1, 0.15) is 10.8 Å². The highest BCUT2D eigenvalue weighted by molar-refractivity contribution is 7.09. The lowest BCUT2D eigenvalue weighted by Gasteiger charge is -2.21. The first-order chi connectivity index (χ1) is 11.4. The summed E-state index contributed by atoms with van der Waals surface area (Å²) >= 11 is 7.63. The molecule has 0 radical (unpaired) electrons. The van der Waals surface area contributed by atoms with E-state index in [9.17, 15) is 0 Å². The summed E-state index contributed by atoms with van der Waals surface area (Å²) in [5.41, 5.74) is 2.94. The zero-order chi connectivity index (χ0) is 17.3. The van der Waals surface area contributed by atoms with Crippen molar-refractivity contribution in [3.8, 4) is 11.5 Å². The van der Waals surface area contributed by atoms with E-state index in [-0.39, 0.29) is 6.04 Å². The van der Waals surface area contributed by atoms with Crippen LogP contribution in [0, 0.1) is 13.8 Å². The Balaban J connectivity index is 1.76. The maximum absolute atomic E-state index is 5.94. The average molecular weight is 362 g/mol. The number of rotatable bonds is 5. The van der Waals surface area contributed by atoms with Gasteiger partial charge < -0.3 is 4.42 Å². The van der Waals surface area contributed by atoms with Crippen molar-refractivity contribution in [1.82, 2.24) is 14.9 Å². The summed E-state index contributed by atoms with van der Waals surface area (Å²) in [5.74, 6) is 1.47. The molecule has 4 nitrogen and oxygen atoms in total. The molecule has 6 heteroatoms. The Morgan fingerprint density at radius 1 is 1.21 bits per heavy atom. The van der Waals surface area contributed by atoms with E-state index >= 15 is 0 Å². The van der Waals surface area contributed by atoms with E-state index in [1.807, 2.05) is 38.1 Å². The fourth-order valence-electron chi connectivity index (χ4n) is 2.42. The first-order valence-electron chi connectivity index (χ1n) is 7.78. The van der Waals surface area contributed by atoms with E-state index < -0.39 is 0 Å². The number of nitrogens with zero attached hydrogens (tertiary/aromatic N) is 3. The lowest BCUT2D eigenvalue weighted by molar-refractivity contribution is 0.248. The maximum Gasteiger partial charge on any atom is 0.226 e. The van der Waals surface area contributed by atoms with Crippen molar-refractivity contribution >= 4 is 22.9 Å². The third-order valence-corrected chi connectivity index (χ3v) is 5.42. The molecule has 24 heavy (non-hydrogen) atoms. The second-order valence-electron chi connectivity index (χ2n) is 5.95. The molecular formula is C18H20ClN3OS. The van der Waals surface area contributed by atoms with Gasteiger partial charge in [0, 0.05) is 28.2 Å². The Bertz CT molecular complexity index is 825. The van der Waals surface area contributed by atoms with Crippen LogP contribution in [-0.4, -0.2) is 21.9 Å². The van der Waals surface area contributed by atoms with Crippen LogP contribution in [-0.2, 0) is 6.54 Å². The van der Waals surface area contributed by atoms with Gasteiger partial charge in [0.05, 0.1) is 11.7 Å². The highest BCUT2D eigenvalue weighted by atomic mass is 35.5. The molecule has 0 amide bonds. The molecule has 0 aliphatic carbocycles. The molecule has 3 rings (SSSR count). The average Bonchev–Trinajstić information content (AvgIpc) is 3.14. The largest absolute Gasteiger partial charge is 0.441 e. The molecule has 0 bridgehead atoms. The molecular weight excluding hydrogens is 342 g/mol. The van der Waals surface area contributed by atoms with Gasteiger partial charge in [0.15, 0.2) is 0 Å². The van der Waals surface area contributed by atoms with Crippen LogP contribution in [0.4, 0.5) is 0 Å². The zero-order valence-corrected chi connectivity index (χ0v) is 15.8. The van der Waals surface area contributed by atoms with Crippen LogP contribution in [0.3, 0.4) is 0 Å². The number of hydrogen-bond acceptors (Lipinski definition) is 5. The van der Waals surface area contributed by atoms with Crippen molar-refractivity contribution in [1.29, 1.82) is 0 Å². The molecule has 2 aromatic heterocycles. The number of thiazole rings is 1. The Kier molecular flexibility index (Phi) is 5.04. The van der Waals surface area contributed by atoms with Gasteiger partial charge in [-0.1, -0.05) is 11.6 Å². The molecule has 0 aliphatic heterocycles. The van der Waals surface area contributed by atoms with Gasteiger partial charge in [-0.25, -0.2) is 9.97 Å². The first kappa shape index (κ1) is 17.1. The van der Waals surface area contributed by atoms with E-state index in [1.54, 1.807) is 11.3 Å². The highest BCUT2D eigenvalue weighted by Crippen LogP contribution is 2.27. The lowest BCUT2D eigenvalue weighted by atomic mass is 10.2. The lowest BCUT2D eigenvalue weighted by Crippen LogP contribution is -2.22. The highest BCUT2D eigenvalue weighted by Gasteiger charge is 2.19. The van der Waals surface area contributed by atoms with Crippen molar-refractivity contribution in [3.63, 3.8) is 0 Å². The van der Waals surface area contributed by atoms with Crippen LogP contribution in [0.25, 0.3) is 11.5 Å². The molecule has 126 valence electrons. The maximum atomic E-state index is 5.94. The number of halogens is 1. The van der Waals surface area contributed by atoms with E-state index in [2.05, 4.69) is 34.2 Å². The van der Waals surface area contributed by atoms with Crippen molar-refractivity contribution in [2.24, 2.45) is 0 Å². The molecule has 0 spiro atoms. The molecule has 1 aromatic carbocycles. The van der Waals surface area contributed by atoms with E-state index in [0.717, 1.165) is 27.7 Å². The van der Waals surface area contributed by atoms with E-state index in [1.165, 1.54) is 0 Å². The van der Waals surface area contributed by atoms with Crippen molar-refractivity contribution < 1.29 is 4.42 Å². The van der Waals surface area contributed by atoms with Crippen LogP contribution in [0.2, 0.25) is 5.02 Å². The molecule has 3 aromatic rings. The summed E-state index contributed by atoms with van der Waals surface area (Å²) in [6, 6.07) is 7.76. The third-order valence-electron chi connectivity index (χ3n) is 4.04. The minimum atomic E-state index is 0.235. The summed E-state index contributed by atoms with van der Waals surface area (Å²) in [4.78, 5) is 11.5. The smallest absolute Gasteiger partial charge is 0.226 e. The van der Waals surface area contributed by atoms with E-state index in [0.29, 0.717) is 17.5 Å². The summed E-state index contributed by atoms with van der Waals surface area (Å²) < 4.78 is 5.84. The summed E-state index contributed by atoms with van der Waals surface area (Å²) in [5, 5.41) is 3.91. The quantitative estimate of drug-likeness (QED) is 0.621. The van der Waals surface area contributed by atoms with Crippen molar-refractivity contribution in [2.45, 2.75) is 33.4 Å². The number of oxazole rings is 1. The fraction of sp³-hybridized carbons (Fsp3) is 0.333. The van der Waals surface area contributed by atoms with Gasteiger partial charge in [-0.05, 0) is 52.1 Å². The molecule has 0 saturated heterocycles. The minimum Gasteiger partial charge on any atom is -0.441 e. The monoisotopic (exact) mass is 361 g/mol. The number of aryl methyl sites for hydroxylation is 2. The predicted molar refractivity (Wildman–Crippen MR) is 98.4 cm³/mol. The van der Waals surface area contributed by atoms with Crippen LogP contribution >= 0.6 is 22.9 Å². The van der Waals surface area contributed by atoms with Crippen molar-refractivity contribution in [2.75, 3.05) is 7.05 Å². The second-order valence-corrected chi connectivity index (χ2v) is 7.27. The minimum absolute atomic E-state index is 0.235. The van der Waals surface area contributed by atoms with Gasteiger partial charge in [-0.3, -0.25) is 4.90 Å². The van der Waals surface area contributed by atoms with Crippen LogP contribution in [0.15, 0.2) is 34.1 Å². The summed E-state index contributed by atoms with van der Waals surface area (Å²) in [7, 11) is 2.08. The molecule has 0 unspecified atom stereocenters.